The van der Waals surface area contributed by atoms with Gasteiger partial charge in [-0.15, -0.1) is 0 Å². The molecule has 0 N–H and O–H groups in total. The van der Waals surface area contributed by atoms with Crippen molar-refractivity contribution >= 4 is 29.8 Å². The van der Waals surface area contributed by atoms with E-state index >= 15 is 0 Å². The molecule has 0 aliphatic carbocycles. The molecule has 1 heterocycles. The fourth-order valence-electron chi connectivity index (χ4n) is 1.35. The molecule has 0 amide bonds. The average molecular weight is 278 g/mol. The van der Waals surface area contributed by atoms with Gasteiger partial charge in [-0.2, -0.15) is 0 Å². The highest BCUT2D eigenvalue weighted by molar-refractivity contribution is 7.98. The summed E-state index contributed by atoms with van der Waals surface area (Å²) in [5.41, 5.74) is 3.59. The zero-order chi connectivity index (χ0) is 13.0. The molecule has 0 aliphatic rings. The van der Waals surface area contributed by atoms with E-state index in [0.29, 0.717) is 10.2 Å². The molecule has 1 aromatic heterocycles. The quantitative estimate of drug-likeness (QED) is 0.631. The highest BCUT2D eigenvalue weighted by Gasteiger charge is 2.01. The minimum atomic E-state index is 0.375. The number of benzene rings is 1. The SMILES string of the molecule is Cc1ccc(/C=N/Sc2nccnc2Cl)cc1C. The maximum atomic E-state index is 5.88. The molecule has 0 spiro atoms. The van der Waals surface area contributed by atoms with Crippen molar-refractivity contribution in [3.63, 3.8) is 0 Å². The molecule has 0 saturated carbocycles. The van der Waals surface area contributed by atoms with Gasteiger partial charge in [0, 0.05) is 30.6 Å². The van der Waals surface area contributed by atoms with Crippen LogP contribution in [0.1, 0.15) is 16.7 Å². The van der Waals surface area contributed by atoms with Crippen LogP contribution in [0.5, 0.6) is 0 Å². The number of rotatable bonds is 3. The normalized spacial score (nSPS) is 11.1. The van der Waals surface area contributed by atoms with Crippen LogP contribution in [-0.2, 0) is 0 Å². The third-order valence-electron chi connectivity index (χ3n) is 2.49. The second-order valence-corrected chi connectivity index (χ2v) is 4.96. The van der Waals surface area contributed by atoms with Crippen LogP contribution in [0.2, 0.25) is 5.15 Å². The monoisotopic (exact) mass is 277 g/mol. The molecule has 3 nitrogen and oxygen atoms in total. The molecule has 0 unspecified atom stereocenters. The first kappa shape index (κ1) is 13.1. The number of nitrogens with zero attached hydrogens (tertiary/aromatic N) is 3. The summed E-state index contributed by atoms with van der Waals surface area (Å²) in [4.78, 5) is 8.03. The first-order valence-electron chi connectivity index (χ1n) is 5.41. The van der Waals surface area contributed by atoms with Crippen molar-refractivity contribution in [3.8, 4) is 0 Å². The van der Waals surface area contributed by atoms with E-state index in [9.17, 15) is 0 Å². The van der Waals surface area contributed by atoms with Crippen molar-refractivity contribution in [2.45, 2.75) is 18.9 Å². The van der Waals surface area contributed by atoms with E-state index in [-0.39, 0.29) is 0 Å². The average Bonchev–Trinajstić information content (AvgIpc) is 2.36. The largest absolute Gasteiger partial charge is 0.243 e. The zero-order valence-corrected chi connectivity index (χ0v) is 11.7. The van der Waals surface area contributed by atoms with Crippen LogP contribution in [-0.4, -0.2) is 16.2 Å². The maximum absolute atomic E-state index is 5.88. The van der Waals surface area contributed by atoms with Gasteiger partial charge in [-0.3, -0.25) is 0 Å². The van der Waals surface area contributed by atoms with Gasteiger partial charge in [0.1, 0.15) is 0 Å². The number of aryl methyl sites for hydroxylation is 2. The zero-order valence-electron chi connectivity index (χ0n) is 10.1. The summed E-state index contributed by atoms with van der Waals surface area (Å²) in [7, 11) is 0. The molecule has 0 aliphatic heterocycles. The van der Waals surface area contributed by atoms with Crippen LogP contribution >= 0.6 is 23.5 Å². The van der Waals surface area contributed by atoms with Crippen LogP contribution in [0.4, 0.5) is 0 Å². The summed E-state index contributed by atoms with van der Waals surface area (Å²) in [6, 6.07) is 6.21. The second kappa shape index (κ2) is 5.98. The Labute approximate surface area is 115 Å². The molecule has 0 bridgehead atoms. The lowest BCUT2D eigenvalue weighted by molar-refractivity contribution is 1.06. The Morgan fingerprint density at radius 3 is 2.67 bits per heavy atom. The van der Waals surface area contributed by atoms with Crippen LogP contribution in [0.15, 0.2) is 40.0 Å². The summed E-state index contributed by atoms with van der Waals surface area (Å²) < 4.78 is 4.25. The van der Waals surface area contributed by atoms with E-state index in [1.165, 1.54) is 23.1 Å². The lowest BCUT2D eigenvalue weighted by Crippen LogP contribution is -1.86. The Morgan fingerprint density at radius 1 is 1.17 bits per heavy atom. The molecule has 0 fully saturated rings. The van der Waals surface area contributed by atoms with Gasteiger partial charge in [-0.1, -0.05) is 29.8 Å². The fraction of sp³-hybridized carbons (Fsp3) is 0.154. The van der Waals surface area contributed by atoms with Crippen LogP contribution in [0, 0.1) is 13.8 Å². The molecule has 0 radical (unpaired) electrons. The minimum absolute atomic E-state index is 0.375. The summed E-state index contributed by atoms with van der Waals surface area (Å²) in [6.07, 6.45) is 4.95. The number of aromatic nitrogens is 2. The third-order valence-corrected chi connectivity index (χ3v) is 3.57. The lowest BCUT2D eigenvalue weighted by atomic mass is 10.1. The van der Waals surface area contributed by atoms with Gasteiger partial charge < -0.3 is 0 Å². The van der Waals surface area contributed by atoms with Gasteiger partial charge in [0.25, 0.3) is 0 Å². The first-order valence-corrected chi connectivity index (χ1v) is 6.56. The maximum Gasteiger partial charge on any atom is 0.163 e. The van der Waals surface area contributed by atoms with Crippen molar-refractivity contribution < 1.29 is 0 Å². The van der Waals surface area contributed by atoms with Gasteiger partial charge in [0.2, 0.25) is 0 Å². The molecule has 1 aromatic carbocycles. The fourth-order valence-corrected chi connectivity index (χ4v) is 2.07. The van der Waals surface area contributed by atoms with Crippen molar-refractivity contribution in [3.05, 3.63) is 52.4 Å². The first-order chi connectivity index (χ1) is 8.66. The van der Waals surface area contributed by atoms with E-state index in [1.807, 2.05) is 6.07 Å². The summed E-state index contributed by atoms with van der Waals surface area (Å²) in [5.74, 6) is 0. The van der Waals surface area contributed by atoms with Crippen LogP contribution in [0.3, 0.4) is 0 Å². The number of halogens is 1. The van der Waals surface area contributed by atoms with Gasteiger partial charge in [0.15, 0.2) is 10.2 Å². The Kier molecular flexibility index (Phi) is 4.33. The standard InChI is InChI=1S/C13H12ClN3S/c1-9-3-4-11(7-10(9)2)8-17-18-13-12(14)15-5-6-16-13/h3-8H,1-2H3/b17-8+. The molecule has 2 rings (SSSR count). The Bertz CT molecular complexity index is 584. The highest BCUT2D eigenvalue weighted by atomic mass is 35.5. The highest BCUT2D eigenvalue weighted by Crippen LogP contribution is 2.22. The van der Waals surface area contributed by atoms with Crippen LogP contribution in [0.25, 0.3) is 0 Å². The van der Waals surface area contributed by atoms with E-state index < -0.39 is 0 Å². The smallest absolute Gasteiger partial charge is 0.163 e. The Hall–Kier alpha value is -1.39. The third kappa shape index (κ3) is 3.31. The molecule has 92 valence electrons. The Balaban J connectivity index is 2.08. The summed E-state index contributed by atoms with van der Waals surface area (Å²) in [6.45, 7) is 4.17. The van der Waals surface area contributed by atoms with E-state index in [4.69, 9.17) is 11.6 Å². The summed E-state index contributed by atoms with van der Waals surface area (Å²) >= 11 is 7.10. The molecule has 5 heteroatoms. The van der Waals surface area contributed by atoms with Crippen molar-refractivity contribution in [1.29, 1.82) is 0 Å². The number of hydrogen-bond acceptors (Lipinski definition) is 4. The van der Waals surface area contributed by atoms with E-state index in [2.05, 4.69) is 40.3 Å². The van der Waals surface area contributed by atoms with Gasteiger partial charge >= 0.3 is 0 Å². The predicted octanol–water partition coefficient (Wildman–Crippen LogP) is 3.87. The van der Waals surface area contributed by atoms with Gasteiger partial charge in [-0.05, 0) is 30.5 Å². The second-order valence-electron chi connectivity index (χ2n) is 3.82. The molecular weight excluding hydrogens is 266 g/mol. The van der Waals surface area contributed by atoms with E-state index in [1.54, 1.807) is 18.6 Å². The molecular formula is C13H12ClN3S. The molecule has 2 aromatic rings. The topological polar surface area (TPSA) is 38.1 Å². The van der Waals surface area contributed by atoms with E-state index in [0.717, 1.165) is 5.56 Å². The van der Waals surface area contributed by atoms with Crippen molar-refractivity contribution in [2.75, 3.05) is 0 Å². The minimum Gasteiger partial charge on any atom is -0.243 e. The predicted molar refractivity (Wildman–Crippen MR) is 76.4 cm³/mol. The van der Waals surface area contributed by atoms with Crippen molar-refractivity contribution in [2.24, 2.45) is 4.40 Å². The molecule has 18 heavy (non-hydrogen) atoms. The summed E-state index contributed by atoms with van der Waals surface area (Å²) in [5, 5.41) is 0.985. The number of hydrogen-bond donors (Lipinski definition) is 0. The molecule has 0 atom stereocenters. The van der Waals surface area contributed by atoms with Gasteiger partial charge in [0.05, 0.1) is 0 Å². The van der Waals surface area contributed by atoms with Crippen LogP contribution < -0.4 is 0 Å². The van der Waals surface area contributed by atoms with Gasteiger partial charge in [-0.25, -0.2) is 14.4 Å². The van der Waals surface area contributed by atoms with Crippen molar-refractivity contribution in [1.82, 2.24) is 9.97 Å². The molecule has 0 saturated heterocycles. The Morgan fingerprint density at radius 2 is 1.94 bits per heavy atom. The lowest BCUT2D eigenvalue weighted by Gasteiger charge is -2.00.